The Balaban J connectivity index is 2.36. The number of hydrogen-bond acceptors (Lipinski definition) is 4. The molecule has 0 saturated carbocycles. The number of hydrazine groups is 1. The van der Waals surface area contributed by atoms with Crippen molar-refractivity contribution in [2.24, 2.45) is 5.84 Å². The van der Waals surface area contributed by atoms with Gasteiger partial charge < -0.3 is 9.64 Å². The summed E-state index contributed by atoms with van der Waals surface area (Å²) in [5.41, 5.74) is 2.16. The van der Waals surface area contributed by atoms with Crippen LogP contribution in [0.4, 0.5) is 0 Å². The van der Waals surface area contributed by atoms with E-state index in [4.69, 9.17) is 10.6 Å². The van der Waals surface area contributed by atoms with E-state index in [1.54, 1.807) is 0 Å². The molecule has 0 spiro atoms. The van der Waals surface area contributed by atoms with Crippen LogP contribution in [0.1, 0.15) is 26.2 Å². The fourth-order valence-corrected chi connectivity index (χ4v) is 1.92. The molecular weight excluding hydrogens is 194 g/mol. The summed E-state index contributed by atoms with van der Waals surface area (Å²) in [5, 5.41) is 0. The first-order chi connectivity index (χ1) is 7.15. The fraction of sp³-hybridized carbons (Fsp3) is 0.900. The third-order valence-corrected chi connectivity index (χ3v) is 3.10. The van der Waals surface area contributed by atoms with Crippen molar-refractivity contribution >= 4 is 5.91 Å². The van der Waals surface area contributed by atoms with Crippen LogP contribution in [0.25, 0.3) is 0 Å². The molecule has 88 valence electrons. The Labute approximate surface area is 90.9 Å². The van der Waals surface area contributed by atoms with E-state index in [9.17, 15) is 4.79 Å². The molecule has 15 heavy (non-hydrogen) atoms. The molecule has 0 aliphatic carbocycles. The number of nitrogens with two attached hydrogens (primary N) is 1. The normalized spacial score (nSPS) is 20.3. The van der Waals surface area contributed by atoms with Crippen LogP contribution in [0.2, 0.25) is 0 Å². The largest absolute Gasteiger partial charge is 0.381 e. The average Bonchev–Trinajstić information content (AvgIpc) is 2.29. The van der Waals surface area contributed by atoms with E-state index in [0.717, 1.165) is 26.1 Å². The number of rotatable bonds is 4. The molecule has 0 aromatic carbocycles. The molecule has 1 unspecified atom stereocenters. The molecule has 0 radical (unpaired) electrons. The van der Waals surface area contributed by atoms with Crippen LogP contribution in [-0.4, -0.2) is 43.2 Å². The van der Waals surface area contributed by atoms with Gasteiger partial charge in [-0.15, -0.1) is 0 Å². The van der Waals surface area contributed by atoms with Crippen LogP contribution < -0.4 is 11.3 Å². The lowest BCUT2D eigenvalue weighted by atomic mass is 10.0. The number of nitrogens with one attached hydrogen (secondary N) is 1. The van der Waals surface area contributed by atoms with Crippen LogP contribution in [0.15, 0.2) is 0 Å². The van der Waals surface area contributed by atoms with Crippen molar-refractivity contribution < 1.29 is 9.53 Å². The molecule has 1 amide bonds. The van der Waals surface area contributed by atoms with Crippen LogP contribution in [-0.2, 0) is 9.53 Å². The molecule has 5 heteroatoms. The quantitative estimate of drug-likeness (QED) is 0.389. The van der Waals surface area contributed by atoms with E-state index >= 15 is 0 Å². The highest BCUT2D eigenvalue weighted by molar-refractivity contribution is 5.75. The van der Waals surface area contributed by atoms with Gasteiger partial charge in [0, 0.05) is 31.7 Å². The van der Waals surface area contributed by atoms with Gasteiger partial charge in [-0.25, -0.2) is 5.84 Å². The molecule has 1 atom stereocenters. The van der Waals surface area contributed by atoms with Crippen molar-refractivity contribution in [3.8, 4) is 0 Å². The fourth-order valence-electron chi connectivity index (χ4n) is 1.92. The van der Waals surface area contributed by atoms with Gasteiger partial charge in [0.2, 0.25) is 5.91 Å². The minimum absolute atomic E-state index is 0.110. The van der Waals surface area contributed by atoms with Crippen molar-refractivity contribution in [2.75, 3.05) is 20.3 Å². The third kappa shape index (κ3) is 3.77. The number of nitrogens with zero attached hydrogens (tertiary/aromatic N) is 1. The zero-order chi connectivity index (χ0) is 11.3. The number of hydrogen-bond donors (Lipinski definition) is 2. The van der Waals surface area contributed by atoms with E-state index < -0.39 is 0 Å². The van der Waals surface area contributed by atoms with E-state index in [1.807, 2.05) is 6.92 Å². The number of amides is 1. The van der Waals surface area contributed by atoms with Crippen LogP contribution in [0.5, 0.6) is 0 Å². The summed E-state index contributed by atoms with van der Waals surface area (Å²) < 4.78 is 5.31. The van der Waals surface area contributed by atoms with Gasteiger partial charge in [-0.05, 0) is 26.8 Å². The predicted molar refractivity (Wildman–Crippen MR) is 58.0 cm³/mol. The topological polar surface area (TPSA) is 67.6 Å². The van der Waals surface area contributed by atoms with E-state index in [0.29, 0.717) is 12.5 Å². The van der Waals surface area contributed by atoms with Gasteiger partial charge in [0.05, 0.1) is 0 Å². The monoisotopic (exact) mass is 215 g/mol. The van der Waals surface area contributed by atoms with E-state index in [2.05, 4.69) is 17.4 Å². The summed E-state index contributed by atoms with van der Waals surface area (Å²) in [7, 11) is 2.06. The molecule has 1 aliphatic rings. The standard InChI is InChI=1S/C10H21N3O2/c1-8(7-10(14)12-11)13(2)9-3-5-15-6-4-9/h8-9H,3-7,11H2,1-2H3,(H,12,14). The maximum Gasteiger partial charge on any atom is 0.235 e. The van der Waals surface area contributed by atoms with Crippen molar-refractivity contribution in [1.82, 2.24) is 10.3 Å². The SMILES string of the molecule is CC(CC(=O)NN)N(C)C1CCOCC1. The maximum atomic E-state index is 11.1. The molecular formula is C10H21N3O2. The minimum Gasteiger partial charge on any atom is -0.381 e. The van der Waals surface area contributed by atoms with Gasteiger partial charge in [-0.2, -0.15) is 0 Å². The summed E-state index contributed by atoms with van der Waals surface area (Å²) in [5.74, 6) is 4.95. The Morgan fingerprint density at radius 2 is 2.20 bits per heavy atom. The predicted octanol–water partition coefficient (Wildman–Crippen LogP) is -0.134. The first-order valence-electron chi connectivity index (χ1n) is 5.44. The second-order valence-electron chi connectivity index (χ2n) is 4.13. The molecule has 1 fully saturated rings. The summed E-state index contributed by atoms with van der Waals surface area (Å²) in [6, 6.07) is 0.746. The van der Waals surface area contributed by atoms with Gasteiger partial charge in [-0.3, -0.25) is 10.2 Å². The third-order valence-electron chi connectivity index (χ3n) is 3.10. The lowest BCUT2D eigenvalue weighted by Gasteiger charge is -2.35. The van der Waals surface area contributed by atoms with Crippen LogP contribution >= 0.6 is 0 Å². The first kappa shape index (κ1) is 12.4. The summed E-state index contributed by atoms with van der Waals surface area (Å²) in [6.45, 7) is 3.69. The average molecular weight is 215 g/mol. The Hall–Kier alpha value is -0.650. The molecule has 0 aromatic rings. The highest BCUT2D eigenvalue weighted by Gasteiger charge is 2.23. The lowest BCUT2D eigenvalue weighted by molar-refractivity contribution is -0.122. The summed E-state index contributed by atoms with van der Waals surface area (Å²) in [4.78, 5) is 13.4. The van der Waals surface area contributed by atoms with E-state index in [-0.39, 0.29) is 11.9 Å². The molecule has 5 nitrogen and oxygen atoms in total. The molecule has 1 heterocycles. The Bertz CT molecular complexity index is 205. The second-order valence-corrected chi connectivity index (χ2v) is 4.13. The first-order valence-corrected chi connectivity index (χ1v) is 5.44. The number of carbonyl (C=O) groups is 1. The van der Waals surface area contributed by atoms with Gasteiger partial charge in [0.25, 0.3) is 0 Å². The smallest absolute Gasteiger partial charge is 0.235 e. The molecule has 1 rings (SSSR count). The van der Waals surface area contributed by atoms with Crippen molar-refractivity contribution in [2.45, 2.75) is 38.3 Å². The maximum absolute atomic E-state index is 11.1. The highest BCUT2D eigenvalue weighted by Crippen LogP contribution is 2.16. The highest BCUT2D eigenvalue weighted by atomic mass is 16.5. The Kier molecular flexibility index (Phi) is 5.01. The van der Waals surface area contributed by atoms with Crippen LogP contribution in [0.3, 0.4) is 0 Å². The zero-order valence-electron chi connectivity index (χ0n) is 9.53. The molecule has 3 N–H and O–H groups in total. The van der Waals surface area contributed by atoms with Crippen molar-refractivity contribution in [3.05, 3.63) is 0 Å². The summed E-state index contributed by atoms with van der Waals surface area (Å²) in [6.07, 6.45) is 2.54. The molecule has 0 bridgehead atoms. The van der Waals surface area contributed by atoms with Gasteiger partial charge in [0.15, 0.2) is 0 Å². The van der Waals surface area contributed by atoms with Crippen LogP contribution in [0, 0.1) is 0 Å². The molecule has 1 saturated heterocycles. The molecule has 0 aromatic heterocycles. The second kappa shape index (κ2) is 6.05. The van der Waals surface area contributed by atoms with Crippen molar-refractivity contribution in [3.63, 3.8) is 0 Å². The van der Waals surface area contributed by atoms with E-state index in [1.165, 1.54) is 0 Å². The van der Waals surface area contributed by atoms with Gasteiger partial charge >= 0.3 is 0 Å². The Morgan fingerprint density at radius 3 is 2.73 bits per heavy atom. The number of carbonyl (C=O) groups excluding carboxylic acids is 1. The van der Waals surface area contributed by atoms with Gasteiger partial charge in [0.1, 0.15) is 0 Å². The number of ether oxygens (including phenoxy) is 1. The zero-order valence-corrected chi connectivity index (χ0v) is 9.53. The van der Waals surface area contributed by atoms with Crippen molar-refractivity contribution in [1.29, 1.82) is 0 Å². The lowest BCUT2D eigenvalue weighted by Crippen LogP contribution is -2.44. The molecule has 1 aliphatic heterocycles. The Morgan fingerprint density at radius 1 is 1.60 bits per heavy atom. The summed E-state index contributed by atoms with van der Waals surface area (Å²) >= 11 is 0. The van der Waals surface area contributed by atoms with Gasteiger partial charge in [-0.1, -0.05) is 0 Å². The minimum atomic E-state index is -0.110.